The van der Waals surface area contributed by atoms with Gasteiger partial charge in [-0.05, 0) is 83.0 Å². The maximum Gasteiger partial charge on any atom is 0.0125 e. The molecule has 4 rings (SSSR count). The largest absolute Gasteiger partial charge is 0.311 e. The Labute approximate surface area is 131 Å². The maximum absolute atomic E-state index is 4.11. The van der Waals surface area contributed by atoms with Crippen molar-refractivity contribution in [3.8, 4) is 0 Å². The molecule has 0 radical (unpaired) electrons. The van der Waals surface area contributed by atoms with Gasteiger partial charge in [-0.25, -0.2) is 0 Å². The van der Waals surface area contributed by atoms with Gasteiger partial charge in [0.2, 0.25) is 0 Å². The van der Waals surface area contributed by atoms with Crippen LogP contribution in [0.1, 0.15) is 65.7 Å². The van der Waals surface area contributed by atoms with E-state index < -0.39 is 0 Å². The summed E-state index contributed by atoms with van der Waals surface area (Å²) in [5, 5.41) is 4.11. The van der Waals surface area contributed by atoms with E-state index in [9.17, 15) is 0 Å². The third-order valence-electron chi connectivity index (χ3n) is 7.32. The van der Waals surface area contributed by atoms with Gasteiger partial charge in [-0.2, -0.15) is 0 Å². The van der Waals surface area contributed by atoms with Crippen LogP contribution in [-0.4, -0.2) is 35.6 Å². The van der Waals surface area contributed by atoms with Crippen molar-refractivity contribution < 1.29 is 0 Å². The lowest BCUT2D eigenvalue weighted by molar-refractivity contribution is 0.0877. The summed E-state index contributed by atoms with van der Waals surface area (Å²) in [4.78, 5) is 2.67. The number of piperidine rings is 1. The van der Waals surface area contributed by atoms with E-state index in [0.717, 1.165) is 35.8 Å². The molecular formula is C19H34N2. The standard InChI is InChI=1S/C19H34N2/c1-19(2,3)21-9-7-14(8-10-21)20-18-12-13-11-17(18)16-6-4-5-15(13)16/h13-18,20H,4-12H2,1-3H3. The monoisotopic (exact) mass is 290 g/mol. The Bertz CT molecular complexity index is 378. The summed E-state index contributed by atoms with van der Waals surface area (Å²) in [7, 11) is 0. The number of rotatable bonds is 2. The molecule has 1 saturated heterocycles. The summed E-state index contributed by atoms with van der Waals surface area (Å²) < 4.78 is 0. The Kier molecular flexibility index (Phi) is 3.61. The first-order valence-corrected chi connectivity index (χ1v) is 9.53. The van der Waals surface area contributed by atoms with Gasteiger partial charge in [0.1, 0.15) is 0 Å². The molecule has 0 amide bonds. The molecule has 1 heterocycles. The quantitative estimate of drug-likeness (QED) is 0.835. The Hall–Kier alpha value is -0.0800. The second kappa shape index (κ2) is 5.23. The number of hydrogen-bond acceptors (Lipinski definition) is 2. The highest BCUT2D eigenvalue weighted by Crippen LogP contribution is 2.58. The van der Waals surface area contributed by atoms with Gasteiger partial charge in [0.05, 0.1) is 0 Å². The van der Waals surface area contributed by atoms with Gasteiger partial charge in [-0.3, -0.25) is 4.90 Å². The van der Waals surface area contributed by atoms with E-state index in [1.54, 1.807) is 19.3 Å². The molecular weight excluding hydrogens is 256 g/mol. The van der Waals surface area contributed by atoms with E-state index >= 15 is 0 Å². The van der Waals surface area contributed by atoms with Crippen LogP contribution in [0.2, 0.25) is 0 Å². The Balaban J connectivity index is 1.31. The van der Waals surface area contributed by atoms with Gasteiger partial charge < -0.3 is 5.32 Å². The smallest absolute Gasteiger partial charge is 0.0125 e. The van der Waals surface area contributed by atoms with Crippen molar-refractivity contribution in [2.45, 2.75) is 83.3 Å². The highest BCUT2D eigenvalue weighted by molar-refractivity contribution is 5.06. The van der Waals surface area contributed by atoms with Crippen LogP contribution in [0.25, 0.3) is 0 Å². The van der Waals surface area contributed by atoms with Gasteiger partial charge >= 0.3 is 0 Å². The van der Waals surface area contributed by atoms with Crippen molar-refractivity contribution in [3.63, 3.8) is 0 Å². The van der Waals surface area contributed by atoms with Gasteiger partial charge in [0, 0.05) is 30.7 Å². The van der Waals surface area contributed by atoms with Crippen molar-refractivity contribution in [1.82, 2.24) is 10.2 Å². The molecule has 0 aromatic rings. The van der Waals surface area contributed by atoms with Crippen LogP contribution in [0.3, 0.4) is 0 Å². The lowest BCUT2D eigenvalue weighted by Gasteiger charge is -2.43. The molecule has 3 saturated carbocycles. The van der Waals surface area contributed by atoms with E-state index in [2.05, 4.69) is 31.0 Å². The van der Waals surface area contributed by atoms with Crippen molar-refractivity contribution in [3.05, 3.63) is 0 Å². The molecule has 5 unspecified atom stereocenters. The molecule has 2 heteroatoms. The number of hydrogen-bond donors (Lipinski definition) is 1. The Morgan fingerprint density at radius 2 is 1.57 bits per heavy atom. The minimum absolute atomic E-state index is 0.356. The second-order valence-corrected chi connectivity index (χ2v) is 9.36. The SMILES string of the molecule is CC(C)(C)N1CCC(NC2CC3CC2C2CCCC32)CC1. The van der Waals surface area contributed by atoms with Crippen molar-refractivity contribution in [2.24, 2.45) is 23.7 Å². The number of likely N-dealkylation sites (tertiary alicyclic amines) is 1. The number of nitrogens with one attached hydrogen (secondary N) is 1. The first-order valence-electron chi connectivity index (χ1n) is 9.53. The van der Waals surface area contributed by atoms with Crippen LogP contribution in [0.15, 0.2) is 0 Å². The fraction of sp³-hybridized carbons (Fsp3) is 1.00. The van der Waals surface area contributed by atoms with Gasteiger partial charge in [0.15, 0.2) is 0 Å². The summed E-state index contributed by atoms with van der Waals surface area (Å²) in [6, 6.07) is 1.67. The molecule has 2 nitrogen and oxygen atoms in total. The summed E-state index contributed by atoms with van der Waals surface area (Å²) in [5.41, 5.74) is 0.356. The minimum Gasteiger partial charge on any atom is -0.311 e. The van der Waals surface area contributed by atoms with Crippen LogP contribution >= 0.6 is 0 Å². The van der Waals surface area contributed by atoms with E-state index in [1.165, 1.54) is 38.8 Å². The third-order valence-corrected chi connectivity index (χ3v) is 7.32. The summed E-state index contributed by atoms with van der Waals surface area (Å²) in [6.45, 7) is 9.65. The van der Waals surface area contributed by atoms with Crippen molar-refractivity contribution >= 4 is 0 Å². The molecule has 120 valence electrons. The fourth-order valence-corrected chi connectivity index (χ4v) is 6.28. The average molecular weight is 290 g/mol. The molecule has 4 fully saturated rings. The molecule has 1 N–H and O–H groups in total. The zero-order valence-electron chi connectivity index (χ0n) is 14.3. The average Bonchev–Trinajstić information content (AvgIpc) is 3.10. The zero-order valence-corrected chi connectivity index (χ0v) is 14.3. The Morgan fingerprint density at radius 1 is 0.857 bits per heavy atom. The van der Waals surface area contributed by atoms with Crippen LogP contribution < -0.4 is 5.32 Å². The van der Waals surface area contributed by atoms with Crippen molar-refractivity contribution in [1.29, 1.82) is 0 Å². The molecule has 0 spiro atoms. The van der Waals surface area contributed by atoms with Crippen LogP contribution in [-0.2, 0) is 0 Å². The third kappa shape index (κ3) is 2.57. The van der Waals surface area contributed by atoms with E-state index in [4.69, 9.17) is 0 Å². The predicted octanol–water partition coefficient (Wildman–Crippen LogP) is 3.66. The van der Waals surface area contributed by atoms with E-state index in [0.29, 0.717) is 5.54 Å². The molecule has 2 bridgehead atoms. The topological polar surface area (TPSA) is 15.3 Å². The normalized spacial score (nSPS) is 44.4. The van der Waals surface area contributed by atoms with Crippen molar-refractivity contribution in [2.75, 3.05) is 13.1 Å². The van der Waals surface area contributed by atoms with E-state index in [1.807, 2.05) is 0 Å². The predicted molar refractivity (Wildman–Crippen MR) is 88.3 cm³/mol. The van der Waals surface area contributed by atoms with E-state index in [-0.39, 0.29) is 0 Å². The number of fused-ring (bicyclic) bond motifs is 5. The molecule has 3 aliphatic carbocycles. The number of nitrogens with zero attached hydrogens (tertiary/aromatic N) is 1. The molecule has 5 atom stereocenters. The second-order valence-electron chi connectivity index (χ2n) is 9.36. The summed E-state index contributed by atoms with van der Waals surface area (Å²) in [5.74, 6) is 4.38. The lowest BCUT2D eigenvalue weighted by Crippen LogP contribution is -2.52. The fourth-order valence-electron chi connectivity index (χ4n) is 6.28. The Morgan fingerprint density at radius 3 is 2.29 bits per heavy atom. The van der Waals surface area contributed by atoms with Gasteiger partial charge in [-0.15, -0.1) is 0 Å². The minimum atomic E-state index is 0.356. The molecule has 4 aliphatic rings. The van der Waals surface area contributed by atoms with Crippen LogP contribution in [0, 0.1) is 23.7 Å². The molecule has 21 heavy (non-hydrogen) atoms. The van der Waals surface area contributed by atoms with Crippen LogP contribution in [0.4, 0.5) is 0 Å². The van der Waals surface area contributed by atoms with Gasteiger partial charge in [-0.1, -0.05) is 6.42 Å². The maximum atomic E-state index is 4.11. The lowest BCUT2D eigenvalue weighted by atomic mass is 9.78. The summed E-state index contributed by atoms with van der Waals surface area (Å²) >= 11 is 0. The first-order chi connectivity index (χ1) is 10.0. The molecule has 0 aromatic carbocycles. The van der Waals surface area contributed by atoms with Crippen LogP contribution in [0.5, 0.6) is 0 Å². The highest BCUT2D eigenvalue weighted by atomic mass is 15.2. The zero-order chi connectivity index (χ0) is 14.6. The summed E-state index contributed by atoms with van der Waals surface area (Å²) in [6.07, 6.45) is 10.4. The highest BCUT2D eigenvalue weighted by Gasteiger charge is 2.53. The molecule has 0 aromatic heterocycles. The first kappa shape index (κ1) is 14.5. The van der Waals surface area contributed by atoms with Gasteiger partial charge in [0.25, 0.3) is 0 Å². The molecule has 1 aliphatic heterocycles.